The van der Waals surface area contributed by atoms with Crippen LogP contribution in [0, 0.1) is 0 Å². The molecule has 3 N–H and O–H groups in total. The van der Waals surface area contributed by atoms with Gasteiger partial charge in [-0.1, -0.05) is 0 Å². The monoisotopic (exact) mass is 341 g/mol. The van der Waals surface area contributed by atoms with E-state index in [0.29, 0.717) is 11.4 Å². The molecule has 0 bridgehead atoms. The third-order valence-corrected chi connectivity index (χ3v) is 4.41. The molecule has 1 aliphatic heterocycles. The number of hydrogen-bond acceptors (Lipinski definition) is 7. The molecule has 0 aliphatic carbocycles. The molecule has 0 radical (unpaired) electrons. The summed E-state index contributed by atoms with van der Waals surface area (Å²) in [5.74, 6) is 2.15. The van der Waals surface area contributed by atoms with Crippen LogP contribution in [0.4, 0.5) is 16.5 Å². The normalized spacial score (nSPS) is 12.2. The quantitative estimate of drug-likeness (QED) is 0.701. The number of hydrogen-bond donors (Lipinski definition) is 2. The number of nitrogens with zero attached hydrogens (tertiary/aromatic N) is 1. The second kappa shape index (κ2) is 5.93. The van der Waals surface area contributed by atoms with Crippen LogP contribution >= 0.6 is 11.3 Å². The Labute approximate surface area is 142 Å². The van der Waals surface area contributed by atoms with Gasteiger partial charge in [0.15, 0.2) is 16.6 Å². The Balaban J connectivity index is 1.55. The maximum atomic E-state index is 5.96. The Morgan fingerprint density at radius 2 is 2.04 bits per heavy atom. The van der Waals surface area contributed by atoms with Gasteiger partial charge in [-0.05, 0) is 30.3 Å². The van der Waals surface area contributed by atoms with E-state index < -0.39 is 0 Å². The molecule has 2 aromatic carbocycles. The van der Waals surface area contributed by atoms with E-state index in [1.165, 1.54) is 11.3 Å². The van der Waals surface area contributed by atoms with Crippen molar-refractivity contribution in [2.75, 3.05) is 25.0 Å². The molecule has 1 aliphatic rings. The van der Waals surface area contributed by atoms with Crippen molar-refractivity contribution in [2.24, 2.45) is 0 Å². The average molecular weight is 341 g/mol. The fourth-order valence-corrected chi connectivity index (χ4v) is 3.20. The molecule has 4 rings (SSSR count). The van der Waals surface area contributed by atoms with Gasteiger partial charge in [0.1, 0.15) is 5.75 Å². The zero-order valence-electron chi connectivity index (χ0n) is 12.9. The van der Waals surface area contributed by atoms with Crippen LogP contribution in [-0.2, 0) is 0 Å². The SMILES string of the molecule is COc1ccc(-c2csc(Nc3ccc4c(c3)OCO4)n2)cc1N. The summed E-state index contributed by atoms with van der Waals surface area (Å²) in [5.41, 5.74) is 9.26. The number of anilines is 3. The van der Waals surface area contributed by atoms with Gasteiger partial charge in [-0.15, -0.1) is 11.3 Å². The first-order chi connectivity index (χ1) is 11.7. The number of thiazole rings is 1. The summed E-state index contributed by atoms with van der Waals surface area (Å²) in [6.07, 6.45) is 0. The predicted octanol–water partition coefficient (Wildman–Crippen LogP) is 3.87. The van der Waals surface area contributed by atoms with Crippen LogP contribution in [0.1, 0.15) is 0 Å². The minimum atomic E-state index is 0.263. The molecule has 24 heavy (non-hydrogen) atoms. The molecule has 2 heterocycles. The topological polar surface area (TPSA) is 78.6 Å². The van der Waals surface area contributed by atoms with Crippen LogP contribution in [0.2, 0.25) is 0 Å². The van der Waals surface area contributed by atoms with Crippen molar-refractivity contribution in [1.82, 2.24) is 4.98 Å². The van der Waals surface area contributed by atoms with Gasteiger partial charge in [0, 0.05) is 22.7 Å². The van der Waals surface area contributed by atoms with E-state index in [1.54, 1.807) is 7.11 Å². The van der Waals surface area contributed by atoms with Crippen LogP contribution in [0.3, 0.4) is 0 Å². The molecule has 0 fully saturated rings. The first kappa shape index (κ1) is 14.6. The number of nitrogens with two attached hydrogens (primary N) is 1. The van der Waals surface area contributed by atoms with Crippen molar-refractivity contribution in [2.45, 2.75) is 0 Å². The van der Waals surface area contributed by atoms with E-state index in [-0.39, 0.29) is 6.79 Å². The molecular formula is C17H15N3O3S. The van der Waals surface area contributed by atoms with Crippen LogP contribution in [-0.4, -0.2) is 18.9 Å². The van der Waals surface area contributed by atoms with E-state index in [0.717, 1.165) is 33.6 Å². The van der Waals surface area contributed by atoms with Crippen molar-refractivity contribution in [1.29, 1.82) is 0 Å². The highest BCUT2D eigenvalue weighted by molar-refractivity contribution is 7.14. The zero-order chi connectivity index (χ0) is 16.5. The van der Waals surface area contributed by atoms with Crippen molar-refractivity contribution in [3.8, 4) is 28.5 Å². The van der Waals surface area contributed by atoms with Crippen molar-refractivity contribution >= 4 is 27.8 Å². The van der Waals surface area contributed by atoms with Gasteiger partial charge < -0.3 is 25.3 Å². The van der Waals surface area contributed by atoms with Crippen LogP contribution < -0.4 is 25.3 Å². The van der Waals surface area contributed by atoms with Crippen LogP contribution in [0.25, 0.3) is 11.3 Å². The highest BCUT2D eigenvalue weighted by Crippen LogP contribution is 2.36. The van der Waals surface area contributed by atoms with Gasteiger partial charge in [-0.3, -0.25) is 0 Å². The minimum Gasteiger partial charge on any atom is -0.495 e. The molecule has 0 unspecified atom stereocenters. The molecule has 0 saturated heterocycles. The molecule has 3 aromatic rings. The predicted molar refractivity (Wildman–Crippen MR) is 94.4 cm³/mol. The number of methoxy groups -OCH3 is 1. The van der Waals surface area contributed by atoms with Crippen molar-refractivity contribution in [3.63, 3.8) is 0 Å². The Morgan fingerprint density at radius 3 is 2.88 bits per heavy atom. The lowest BCUT2D eigenvalue weighted by Crippen LogP contribution is -1.93. The number of ether oxygens (including phenoxy) is 3. The zero-order valence-corrected chi connectivity index (χ0v) is 13.7. The van der Waals surface area contributed by atoms with Gasteiger partial charge in [-0.2, -0.15) is 0 Å². The molecular weight excluding hydrogens is 326 g/mol. The molecule has 1 aromatic heterocycles. The summed E-state index contributed by atoms with van der Waals surface area (Å²) in [7, 11) is 1.60. The van der Waals surface area contributed by atoms with Gasteiger partial charge in [0.2, 0.25) is 6.79 Å². The molecule has 0 atom stereocenters. The van der Waals surface area contributed by atoms with Crippen molar-refractivity contribution < 1.29 is 14.2 Å². The van der Waals surface area contributed by atoms with E-state index in [1.807, 2.05) is 41.8 Å². The second-order valence-electron chi connectivity index (χ2n) is 5.19. The van der Waals surface area contributed by atoms with Gasteiger partial charge in [0.05, 0.1) is 18.5 Å². The second-order valence-corrected chi connectivity index (χ2v) is 6.05. The third kappa shape index (κ3) is 2.69. The van der Waals surface area contributed by atoms with Crippen LogP contribution in [0.15, 0.2) is 41.8 Å². The smallest absolute Gasteiger partial charge is 0.231 e. The van der Waals surface area contributed by atoms with Gasteiger partial charge >= 0.3 is 0 Å². The lowest BCUT2D eigenvalue weighted by atomic mass is 10.1. The molecule has 122 valence electrons. The Morgan fingerprint density at radius 1 is 1.17 bits per heavy atom. The summed E-state index contributed by atoms with van der Waals surface area (Å²) in [6.45, 7) is 0.263. The minimum absolute atomic E-state index is 0.263. The first-order valence-corrected chi connectivity index (χ1v) is 8.17. The average Bonchev–Trinajstić information content (AvgIpc) is 3.23. The van der Waals surface area contributed by atoms with Gasteiger partial charge in [-0.25, -0.2) is 4.98 Å². The number of aromatic nitrogens is 1. The molecule has 7 heteroatoms. The number of benzene rings is 2. The molecule has 0 amide bonds. The number of nitrogen functional groups attached to an aromatic ring is 1. The lowest BCUT2D eigenvalue weighted by Gasteiger charge is -2.06. The highest BCUT2D eigenvalue weighted by atomic mass is 32.1. The Kier molecular flexibility index (Phi) is 3.62. The number of fused-ring (bicyclic) bond motifs is 1. The van der Waals surface area contributed by atoms with E-state index in [9.17, 15) is 0 Å². The molecule has 0 spiro atoms. The fourth-order valence-electron chi connectivity index (χ4n) is 2.46. The molecule has 6 nitrogen and oxygen atoms in total. The standard InChI is InChI=1S/C17H15N3O3S/c1-21-14-4-2-10(6-12(14)18)13-8-24-17(20-13)19-11-3-5-15-16(7-11)23-9-22-15/h2-8H,9,18H2,1H3,(H,19,20). The van der Waals surface area contributed by atoms with E-state index in [2.05, 4.69) is 10.3 Å². The summed E-state index contributed by atoms with van der Waals surface area (Å²) in [6, 6.07) is 11.3. The summed E-state index contributed by atoms with van der Waals surface area (Å²) in [5, 5.41) is 6.05. The van der Waals surface area contributed by atoms with Crippen LogP contribution in [0.5, 0.6) is 17.2 Å². The Hall–Kier alpha value is -2.93. The first-order valence-electron chi connectivity index (χ1n) is 7.29. The number of nitrogens with one attached hydrogen (secondary N) is 1. The van der Waals surface area contributed by atoms with E-state index >= 15 is 0 Å². The largest absolute Gasteiger partial charge is 0.495 e. The highest BCUT2D eigenvalue weighted by Gasteiger charge is 2.14. The summed E-state index contributed by atoms with van der Waals surface area (Å²) < 4.78 is 15.9. The fraction of sp³-hybridized carbons (Fsp3) is 0.118. The number of rotatable bonds is 4. The summed E-state index contributed by atoms with van der Waals surface area (Å²) in [4.78, 5) is 4.60. The van der Waals surface area contributed by atoms with Crippen molar-refractivity contribution in [3.05, 3.63) is 41.8 Å². The lowest BCUT2D eigenvalue weighted by molar-refractivity contribution is 0.174. The molecule has 0 saturated carbocycles. The summed E-state index contributed by atoms with van der Waals surface area (Å²) >= 11 is 1.52. The maximum absolute atomic E-state index is 5.96. The Bertz CT molecular complexity index is 895. The third-order valence-electron chi connectivity index (χ3n) is 3.65. The maximum Gasteiger partial charge on any atom is 0.231 e. The van der Waals surface area contributed by atoms with Gasteiger partial charge in [0.25, 0.3) is 0 Å². The van der Waals surface area contributed by atoms with E-state index in [4.69, 9.17) is 19.9 Å².